The molecule has 1 heterocycles. The number of allylic oxidation sites excluding steroid dienone is 1. The van der Waals surface area contributed by atoms with Gasteiger partial charge in [0.2, 0.25) is 0 Å². The second kappa shape index (κ2) is 5.89. The first kappa shape index (κ1) is 15.6. The summed E-state index contributed by atoms with van der Waals surface area (Å²) < 4.78 is 26.7. The van der Waals surface area contributed by atoms with Gasteiger partial charge in [0, 0.05) is 24.6 Å². The van der Waals surface area contributed by atoms with Gasteiger partial charge in [-0.05, 0) is 38.0 Å². The number of aliphatic carboxylic acids is 1. The Kier molecular flexibility index (Phi) is 4.37. The molecule has 0 saturated carbocycles. The molecule has 2 rings (SSSR count). The van der Waals surface area contributed by atoms with Crippen LogP contribution in [0.15, 0.2) is 46.5 Å². The van der Waals surface area contributed by atoms with Crippen molar-refractivity contribution in [3.63, 3.8) is 0 Å². The highest BCUT2D eigenvalue weighted by atomic mass is 32.2. The zero-order valence-corrected chi connectivity index (χ0v) is 12.9. The maximum Gasteiger partial charge on any atom is 0.303 e. The van der Waals surface area contributed by atoms with Gasteiger partial charge >= 0.3 is 5.97 Å². The van der Waals surface area contributed by atoms with E-state index in [2.05, 4.69) is 0 Å². The minimum Gasteiger partial charge on any atom is -0.481 e. The Bertz CT molecular complexity index is 664. The molecule has 1 unspecified atom stereocenters. The van der Waals surface area contributed by atoms with Crippen molar-refractivity contribution >= 4 is 16.0 Å². The summed E-state index contributed by atoms with van der Waals surface area (Å²) in [6.07, 6.45) is 0.508. The van der Waals surface area contributed by atoms with E-state index in [9.17, 15) is 13.2 Å². The summed E-state index contributed by atoms with van der Waals surface area (Å²) >= 11 is 0. The summed E-state index contributed by atoms with van der Waals surface area (Å²) in [5.74, 6) is -0.885. The number of nitrogens with zero attached hydrogens (tertiary/aromatic N) is 1. The predicted octanol–water partition coefficient (Wildman–Crippen LogP) is 2.47. The molecule has 0 radical (unpaired) electrons. The molecule has 0 aromatic heterocycles. The Labute approximate surface area is 124 Å². The third kappa shape index (κ3) is 3.10. The largest absolute Gasteiger partial charge is 0.481 e. The normalized spacial score (nSPS) is 19.1. The number of benzene rings is 1. The lowest BCUT2D eigenvalue weighted by Gasteiger charge is -2.21. The van der Waals surface area contributed by atoms with Crippen molar-refractivity contribution in [2.75, 3.05) is 6.54 Å². The van der Waals surface area contributed by atoms with Crippen LogP contribution in [0, 0.1) is 5.92 Å². The number of carboxylic acids is 1. The highest BCUT2D eigenvalue weighted by Crippen LogP contribution is 2.34. The average molecular weight is 309 g/mol. The van der Waals surface area contributed by atoms with E-state index in [1.165, 1.54) is 4.31 Å². The summed E-state index contributed by atoms with van der Waals surface area (Å²) in [7, 11) is -3.56. The minimum atomic E-state index is -3.56. The van der Waals surface area contributed by atoms with Crippen LogP contribution < -0.4 is 0 Å². The Morgan fingerprint density at radius 1 is 1.29 bits per heavy atom. The van der Waals surface area contributed by atoms with Crippen molar-refractivity contribution in [1.29, 1.82) is 0 Å². The Morgan fingerprint density at radius 2 is 1.90 bits per heavy atom. The zero-order valence-electron chi connectivity index (χ0n) is 12.1. The van der Waals surface area contributed by atoms with Crippen LogP contribution in [-0.4, -0.2) is 30.3 Å². The molecule has 1 aromatic carbocycles. The number of sulfonamides is 1. The van der Waals surface area contributed by atoms with Crippen LogP contribution in [0.5, 0.6) is 0 Å². The number of carbonyl (C=O) groups is 1. The number of rotatable bonds is 5. The molecule has 21 heavy (non-hydrogen) atoms. The van der Waals surface area contributed by atoms with E-state index in [1.807, 2.05) is 6.92 Å². The SMILES string of the molecule is CC1=C(C)N(S(=O)(=O)c2ccccc2)CC1CCC(=O)O. The highest BCUT2D eigenvalue weighted by molar-refractivity contribution is 7.89. The molecular weight excluding hydrogens is 290 g/mol. The lowest BCUT2D eigenvalue weighted by Crippen LogP contribution is -2.29. The van der Waals surface area contributed by atoms with Crippen molar-refractivity contribution in [2.24, 2.45) is 5.92 Å². The predicted molar refractivity (Wildman–Crippen MR) is 79.1 cm³/mol. The third-order valence-electron chi connectivity index (χ3n) is 3.98. The fraction of sp³-hybridized carbons (Fsp3) is 0.400. The summed E-state index contributed by atoms with van der Waals surface area (Å²) in [5.41, 5.74) is 1.66. The molecule has 1 aromatic rings. The molecular formula is C15H19NO4S. The quantitative estimate of drug-likeness (QED) is 0.906. The zero-order chi connectivity index (χ0) is 15.6. The molecule has 1 aliphatic rings. The topological polar surface area (TPSA) is 74.7 Å². The van der Waals surface area contributed by atoms with Gasteiger partial charge in [-0.1, -0.05) is 18.2 Å². The highest BCUT2D eigenvalue weighted by Gasteiger charge is 2.34. The van der Waals surface area contributed by atoms with Gasteiger partial charge in [-0.15, -0.1) is 0 Å². The Morgan fingerprint density at radius 3 is 2.48 bits per heavy atom. The molecule has 6 heteroatoms. The molecule has 0 bridgehead atoms. The van der Waals surface area contributed by atoms with Crippen LogP contribution in [0.2, 0.25) is 0 Å². The molecule has 1 N–H and O–H groups in total. The molecule has 0 saturated heterocycles. The van der Waals surface area contributed by atoms with E-state index < -0.39 is 16.0 Å². The van der Waals surface area contributed by atoms with Crippen molar-refractivity contribution in [3.8, 4) is 0 Å². The van der Waals surface area contributed by atoms with Gasteiger partial charge in [0.1, 0.15) is 0 Å². The van der Waals surface area contributed by atoms with Gasteiger partial charge < -0.3 is 5.11 Å². The standard InChI is InChI=1S/C15H19NO4S/c1-11-12(2)16(10-13(11)8-9-15(17)18)21(19,20)14-6-4-3-5-7-14/h3-7,13H,8-10H2,1-2H3,(H,17,18). The van der Waals surface area contributed by atoms with Crippen LogP contribution >= 0.6 is 0 Å². The van der Waals surface area contributed by atoms with Crippen LogP contribution in [0.25, 0.3) is 0 Å². The van der Waals surface area contributed by atoms with E-state index in [0.717, 1.165) is 5.57 Å². The minimum absolute atomic E-state index is 0.0282. The van der Waals surface area contributed by atoms with E-state index >= 15 is 0 Å². The summed E-state index contributed by atoms with van der Waals surface area (Å²) in [4.78, 5) is 11.0. The van der Waals surface area contributed by atoms with E-state index in [1.54, 1.807) is 37.3 Å². The van der Waals surface area contributed by atoms with Gasteiger partial charge in [0.15, 0.2) is 0 Å². The molecule has 0 fully saturated rings. The van der Waals surface area contributed by atoms with Gasteiger partial charge in [0.05, 0.1) is 4.90 Å². The van der Waals surface area contributed by atoms with Crippen molar-refractivity contribution in [2.45, 2.75) is 31.6 Å². The third-order valence-corrected chi connectivity index (χ3v) is 5.85. The monoisotopic (exact) mass is 309 g/mol. The van der Waals surface area contributed by atoms with Crippen LogP contribution in [0.4, 0.5) is 0 Å². The van der Waals surface area contributed by atoms with Crippen molar-refractivity contribution < 1.29 is 18.3 Å². The number of carboxylic acid groups (broad SMARTS) is 1. The van der Waals surface area contributed by atoms with Crippen molar-refractivity contribution in [3.05, 3.63) is 41.6 Å². The fourth-order valence-electron chi connectivity index (χ4n) is 2.57. The van der Waals surface area contributed by atoms with Crippen LogP contribution in [-0.2, 0) is 14.8 Å². The molecule has 0 aliphatic carbocycles. The van der Waals surface area contributed by atoms with Gasteiger partial charge in [0.25, 0.3) is 10.0 Å². The molecule has 1 aliphatic heterocycles. The lowest BCUT2D eigenvalue weighted by atomic mass is 9.97. The fourth-order valence-corrected chi connectivity index (χ4v) is 4.21. The van der Waals surface area contributed by atoms with Gasteiger partial charge in [-0.3, -0.25) is 9.10 Å². The van der Waals surface area contributed by atoms with E-state index in [0.29, 0.717) is 18.7 Å². The van der Waals surface area contributed by atoms with Gasteiger partial charge in [-0.25, -0.2) is 8.42 Å². The molecule has 1 atom stereocenters. The van der Waals surface area contributed by atoms with Crippen LogP contribution in [0.3, 0.4) is 0 Å². The second-order valence-corrected chi connectivity index (χ2v) is 7.11. The molecule has 0 spiro atoms. The Balaban J connectivity index is 2.25. The average Bonchev–Trinajstić information content (AvgIpc) is 2.74. The van der Waals surface area contributed by atoms with Gasteiger partial charge in [-0.2, -0.15) is 0 Å². The maximum absolute atomic E-state index is 12.6. The summed E-state index contributed by atoms with van der Waals surface area (Å²) in [5, 5.41) is 8.78. The summed E-state index contributed by atoms with van der Waals surface area (Å²) in [6.45, 7) is 3.97. The molecule has 114 valence electrons. The second-order valence-electron chi connectivity index (χ2n) is 5.25. The van der Waals surface area contributed by atoms with Crippen molar-refractivity contribution in [1.82, 2.24) is 4.31 Å². The Hall–Kier alpha value is -1.82. The number of hydrogen-bond acceptors (Lipinski definition) is 3. The van der Waals surface area contributed by atoms with Crippen LogP contribution in [0.1, 0.15) is 26.7 Å². The molecule has 0 amide bonds. The first-order chi connectivity index (χ1) is 9.84. The van der Waals surface area contributed by atoms with E-state index in [4.69, 9.17) is 5.11 Å². The smallest absolute Gasteiger partial charge is 0.303 e. The summed E-state index contributed by atoms with van der Waals surface area (Å²) in [6, 6.07) is 8.30. The maximum atomic E-state index is 12.6. The first-order valence-electron chi connectivity index (χ1n) is 6.81. The first-order valence-corrected chi connectivity index (χ1v) is 8.25. The molecule has 5 nitrogen and oxygen atoms in total. The lowest BCUT2D eigenvalue weighted by molar-refractivity contribution is -0.137. The van der Waals surface area contributed by atoms with E-state index in [-0.39, 0.29) is 17.2 Å². The number of hydrogen-bond donors (Lipinski definition) is 1.